The van der Waals surface area contributed by atoms with Crippen molar-refractivity contribution in [2.45, 2.75) is 17.7 Å². The third-order valence-electron chi connectivity index (χ3n) is 6.30. The van der Waals surface area contributed by atoms with Gasteiger partial charge in [-0.2, -0.15) is 0 Å². The molecule has 0 aliphatic carbocycles. The predicted octanol–water partition coefficient (Wildman–Crippen LogP) is 0.101. The van der Waals surface area contributed by atoms with E-state index in [1.807, 2.05) is 0 Å². The molecule has 2 aliphatic heterocycles. The van der Waals surface area contributed by atoms with Crippen LogP contribution in [0.25, 0.3) is 0 Å². The summed E-state index contributed by atoms with van der Waals surface area (Å²) in [7, 11) is 0. The molecule has 0 bridgehead atoms. The van der Waals surface area contributed by atoms with Gasteiger partial charge in [0.1, 0.15) is 34.3 Å². The summed E-state index contributed by atoms with van der Waals surface area (Å²) < 4.78 is 52.8. The number of dihydropyridines is 2. The maximum Gasteiger partial charge on any atom is 3.00 e. The standard InChI is InChI=1S/2C12H9F2NO2.C7H7NO3.Ir/c2*13-8-3-4-9(10(14)7-8)12(11(16)17)5-1-2-6-15-12;9-4-5-1-2-6(7(10)11)8-3-5;/h2*1-7,15H,(H,16,17);1-3,9H,4H2,(H,10,11);/q;;;+3/p-3. The minimum atomic E-state index is -1.80. The zero-order valence-electron chi connectivity index (χ0n) is 23.2. The number of allylic oxidation sites excluding steroid dienone is 4. The Morgan fingerprint density at radius 3 is 1.46 bits per heavy atom. The quantitative estimate of drug-likeness (QED) is 0.290. The van der Waals surface area contributed by atoms with Gasteiger partial charge >= 0.3 is 20.1 Å². The second-order valence-electron chi connectivity index (χ2n) is 9.16. The Morgan fingerprint density at radius 1 is 0.717 bits per heavy atom. The van der Waals surface area contributed by atoms with Crippen molar-refractivity contribution >= 4 is 17.9 Å². The number of carboxylic acid groups (broad SMARTS) is 3. The molecule has 46 heavy (non-hydrogen) atoms. The van der Waals surface area contributed by atoms with Crippen LogP contribution in [-0.4, -0.2) is 28.0 Å². The number of nitrogens with zero attached hydrogens (tertiary/aromatic N) is 1. The molecule has 3 N–H and O–H groups in total. The van der Waals surface area contributed by atoms with Crippen molar-refractivity contribution in [3.63, 3.8) is 0 Å². The molecule has 15 heteroatoms. The molecule has 240 valence electrons. The fraction of sp³-hybridized carbons (Fsp3) is 0.0968. The van der Waals surface area contributed by atoms with Gasteiger partial charge in [0.15, 0.2) is 0 Å². The van der Waals surface area contributed by atoms with E-state index in [4.69, 9.17) is 5.11 Å². The second-order valence-corrected chi connectivity index (χ2v) is 9.16. The molecule has 0 radical (unpaired) electrons. The van der Waals surface area contributed by atoms with E-state index in [0.717, 1.165) is 24.3 Å². The van der Waals surface area contributed by atoms with Gasteiger partial charge < -0.3 is 45.4 Å². The van der Waals surface area contributed by atoms with E-state index in [-0.39, 0.29) is 43.5 Å². The zero-order chi connectivity index (χ0) is 33.2. The Balaban J connectivity index is 0.000000244. The van der Waals surface area contributed by atoms with Crippen molar-refractivity contribution in [2.75, 3.05) is 0 Å². The number of aromatic carboxylic acids is 1. The van der Waals surface area contributed by atoms with Crippen LogP contribution >= 0.6 is 0 Å². The number of benzene rings is 2. The molecule has 3 aromatic rings. The van der Waals surface area contributed by atoms with Crippen LogP contribution in [0.4, 0.5) is 17.6 Å². The first-order valence-corrected chi connectivity index (χ1v) is 12.7. The fourth-order valence-electron chi connectivity index (χ4n) is 4.03. The Bertz CT molecular complexity index is 1600. The molecule has 0 saturated heterocycles. The average molecular weight is 817 g/mol. The number of carbonyl (C=O) groups excluding carboxylic acids is 3. The topological polar surface area (TPSA) is 178 Å². The van der Waals surface area contributed by atoms with Crippen molar-refractivity contribution in [3.05, 3.63) is 149 Å². The maximum absolute atomic E-state index is 13.6. The third-order valence-corrected chi connectivity index (χ3v) is 6.30. The van der Waals surface area contributed by atoms with Crippen molar-refractivity contribution < 1.29 is 72.5 Å². The number of nitrogens with one attached hydrogen (secondary N) is 2. The van der Waals surface area contributed by atoms with Crippen LogP contribution in [-0.2, 0) is 47.4 Å². The molecule has 2 unspecified atom stereocenters. The van der Waals surface area contributed by atoms with Gasteiger partial charge in [0, 0.05) is 29.5 Å². The Morgan fingerprint density at radius 2 is 1.17 bits per heavy atom. The van der Waals surface area contributed by atoms with E-state index in [9.17, 15) is 47.3 Å². The molecule has 0 amide bonds. The third kappa shape index (κ3) is 8.53. The molecule has 0 spiro atoms. The monoisotopic (exact) mass is 817 g/mol. The van der Waals surface area contributed by atoms with Gasteiger partial charge in [-0.3, -0.25) is 4.98 Å². The molecule has 2 aliphatic rings. The van der Waals surface area contributed by atoms with Crippen LogP contribution in [0.1, 0.15) is 27.2 Å². The molecule has 0 saturated carbocycles. The van der Waals surface area contributed by atoms with Gasteiger partial charge in [-0.05, 0) is 60.5 Å². The Kier molecular flexibility index (Phi) is 13.1. The summed E-state index contributed by atoms with van der Waals surface area (Å²) in [5, 5.41) is 46.2. The normalized spacial score (nSPS) is 18.7. The maximum atomic E-state index is 13.6. The second kappa shape index (κ2) is 16.3. The summed E-state index contributed by atoms with van der Waals surface area (Å²) in [6, 6.07) is 8.20. The number of carboxylic acids is 3. The van der Waals surface area contributed by atoms with E-state index >= 15 is 0 Å². The molecule has 2 aromatic carbocycles. The van der Waals surface area contributed by atoms with Gasteiger partial charge in [0.2, 0.25) is 0 Å². The van der Waals surface area contributed by atoms with Crippen molar-refractivity contribution in [1.82, 2.24) is 15.6 Å². The molecule has 10 nitrogen and oxygen atoms in total. The molecule has 0 fully saturated rings. The number of carbonyl (C=O) groups is 3. The van der Waals surface area contributed by atoms with Gasteiger partial charge in [-0.1, -0.05) is 30.4 Å². The van der Waals surface area contributed by atoms with Crippen LogP contribution in [0.2, 0.25) is 0 Å². The first-order valence-electron chi connectivity index (χ1n) is 12.7. The van der Waals surface area contributed by atoms with Crippen molar-refractivity contribution in [1.29, 1.82) is 0 Å². The number of aliphatic carboxylic acids is 2. The first-order chi connectivity index (χ1) is 21.4. The SMILES string of the molecule is O=C([O-])C1(c2ccc(F)cc2F)C=CC=CN1.O=C([O-])C1(c2ccc(F)cc2F)C=CC=CN1.O=C([O-])c1ccc(CO)cn1.[Ir+3]. The zero-order valence-corrected chi connectivity index (χ0v) is 25.6. The number of pyridine rings is 1. The summed E-state index contributed by atoms with van der Waals surface area (Å²) in [4.78, 5) is 36.1. The first kappa shape index (κ1) is 37.1. The predicted molar refractivity (Wildman–Crippen MR) is 143 cm³/mol. The van der Waals surface area contributed by atoms with E-state index in [2.05, 4.69) is 15.6 Å². The minimum Gasteiger partial charge on any atom is -0.547 e. The van der Waals surface area contributed by atoms with Crippen LogP contribution < -0.4 is 26.0 Å². The van der Waals surface area contributed by atoms with Crippen molar-refractivity contribution in [2.24, 2.45) is 0 Å². The number of hydrogen-bond acceptors (Lipinski definition) is 10. The van der Waals surface area contributed by atoms with Gasteiger partial charge in [0.05, 0.1) is 30.2 Å². The Hall–Kier alpha value is -5.11. The van der Waals surface area contributed by atoms with E-state index in [1.165, 1.54) is 55.0 Å². The molecule has 2 atom stereocenters. The van der Waals surface area contributed by atoms with Gasteiger partial charge in [0.25, 0.3) is 0 Å². The molecule has 5 rings (SSSR count). The average Bonchev–Trinajstić information content (AvgIpc) is 3.02. The van der Waals surface area contributed by atoms with E-state index in [0.29, 0.717) is 17.7 Å². The van der Waals surface area contributed by atoms with Crippen molar-refractivity contribution in [3.8, 4) is 0 Å². The summed E-state index contributed by atoms with van der Waals surface area (Å²) >= 11 is 0. The molecule has 3 heterocycles. The summed E-state index contributed by atoms with van der Waals surface area (Å²) in [5.41, 5.74) is -3.53. The van der Waals surface area contributed by atoms with Crippen LogP contribution in [0.15, 0.2) is 104 Å². The van der Waals surface area contributed by atoms with E-state index in [1.54, 1.807) is 12.2 Å². The summed E-state index contributed by atoms with van der Waals surface area (Å²) in [6.45, 7) is -0.139. The number of hydrogen-bond donors (Lipinski definition) is 3. The van der Waals surface area contributed by atoms with Crippen LogP contribution in [0.5, 0.6) is 0 Å². The number of rotatable bonds is 6. The number of halogens is 4. The smallest absolute Gasteiger partial charge is 0.547 e. The minimum absolute atomic E-state index is 0. The molecular weight excluding hydrogens is 795 g/mol. The van der Waals surface area contributed by atoms with Gasteiger partial charge in [-0.15, -0.1) is 0 Å². The van der Waals surface area contributed by atoms with Crippen LogP contribution in [0.3, 0.4) is 0 Å². The summed E-state index contributed by atoms with van der Waals surface area (Å²) in [6.07, 6.45) is 12.5. The number of aliphatic hydroxyl groups is 1. The van der Waals surface area contributed by atoms with E-state index < -0.39 is 52.3 Å². The van der Waals surface area contributed by atoms with Gasteiger partial charge in [-0.25, -0.2) is 17.6 Å². The largest absolute Gasteiger partial charge is 3.00 e. The number of aromatic nitrogens is 1. The Labute approximate surface area is 272 Å². The summed E-state index contributed by atoms with van der Waals surface area (Å²) in [5.74, 6) is -7.75. The fourth-order valence-corrected chi connectivity index (χ4v) is 4.03. The number of aliphatic hydroxyl groups excluding tert-OH is 1. The molecular formula is C31H22F4IrN3O7. The molecule has 1 aromatic heterocycles. The van der Waals surface area contributed by atoms with Crippen LogP contribution in [0, 0.1) is 23.3 Å².